The van der Waals surface area contributed by atoms with Gasteiger partial charge in [-0.2, -0.15) is 18.3 Å². The van der Waals surface area contributed by atoms with E-state index in [9.17, 15) is 18.0 Å². The van der Waals surface area contributed by atoms with E-state index in [-0.39, 0.29) is 23.6 Å². The molecular formula is C21H16F3N3O2. The molecule has 0 radical (unpaired) electrons. The predicted molar refractivity (Wildman–Crippen MR) is 101 cm³/mol. The summed E-state index contributed by atoms with van der Waals surface area (Å²) in [6.07, 6.45) is -2.85. The van der Waals surface area contributed by atoms with Gasteiger partial charge in [-0.3, -0.25) is 4.79 Å². The molecule has 8 heteroatoms. The molecule has 0 saturated carbocycles. The molecule has 1 heterocycles. The van der Waals surface area contributed by atoms with E-state index in [2.05, 4.69) is 22.3 Å². The molecule has 148 valence electrons. The zero-order valence-corrected chi connectivity index (χ0v) is 15.3. The van der Waals surface area contributed by atoms with Crippen LogP contribution >= 0.6 is 0 Å². The van der Waals surface area contributed by atoms with Gasteiger partial charge in [-0.1, -0.05) is 36.1 Å². The Bertz CT molecular complexity index is 1060. The lowest BCUT2D eigenvalue weighted by atomic mass is 10.1. The van der Waals surface area contributed by atoms with E-state index < -0.39 is 17.6 Å². The van der Waals surface area contributed by atoms with Crippen molar-refractivity contribution in [1.29, 1.82) is 0 Å². The van der Waals surface area contributed by atoms with Gasteiger partial charge in [-0.15, -0.1) is 0 Å². The van der Waals surface area contributed by atoms with Gasteiger partial charge in [0.25, 0.3) is 5.91 Å². The highest BCUT2D eigenvalue weighted by molar-refractivity contribution is 5.95. The van der Waals surface area contributed by atoms with E-state index in [1.807, 2.05) is 30.3 Å². The van der Waals surface area contributed by atoms with Crippen molar-refractivity contribution in [2.45, 2.75) is 6.18 Å². The molecule has 0 unspecified atom stereocenters. The molecule has 3 rings (SSSR count). The summed E-state index contributed by atoms with van der Waals surface area (Å²) in [6, 6.07) is 13.9. The first kappa shape index (κ1) is 20.0. The van der Waals surface area contributed by atoms with Crippen LogP contribution in [0.4, 0.5) is 13.2 Å². The molecule has 3 aromatic rings. The molecule has 0 saturated heterocycles. The van der Waals surface area contributed by atoms with Crippen LogP contribution < -0.4 is 10.1 Å². The number of halogens is 3. The van der Waals surface area contributed by atoms with Gasteiger partial charge < -0.3 is 10.1 Å². The zero-order valence-electron chi connectivity index (χ0n) is 15.3. The monoisotopic (exact) mass is 399 g/mol. The number of hydrogen-bond donors (Lipinski definition) is 1. The van der Waals surface area contributed by atoms with E-state index in [1.54, 1.807) is 6.20 Å². The normalized spacial score (nSPS) is 10.8. The number of benzene rings is 2. The maximum Gasteiger partial charge on any atom is 0.416 e. The minimum absolute atomic E-state index is 0.0591. The molecule has 5 nitrogen and oxygen atoms in total. The van der Waals surface area contributed by atoms with Gasteiger partial charge in [-0.05, 0) is 30.3 Å². The lowest BCUT2D eigenvalue weighted by Crippen LogP contribution is -2.24. The number of nitrogens with one attached hydrogen (secondary N) is 1. The number of amides is 1. The smallest absolute Gasteiger partial charge is 0.416 e. The number of hydrogen-bond acceptors (Lipinski definition) is 3. The Hall–Kier alpha value is -3.73. The van der Waals surface area contributed by atoms with Crippen molar-refractivity contribution in [2.75, 3.05) is 13.7 Å². The van der Waals surface area contributed by atoms with Crippen LogP contribution in [0.2, 0.25) is 0 Å². The van der Waals surface area contributed by atoms with Crippen molar-refractivity contribution in [3.8, 4) is 23.3 Å². The van der Waals surface area contributed by atoms with E-state index in [0.29, 0.717) is 0 Å². The first-order chi connectivity index (χ1) is 13.9. The largest absolute Gasteiger partial charge is 0.493 e. The van der Waals surface area contributed by atoms with Crippen molar-refractivity contribution in [3.05, 3.63) is 77.6 Å². The van der Waals surface area contributed by atoms with Crippen molar-refractivity contribution >= 4 is 5.91 Å². The van der Waals surface area contributed by atoms with Gasteiger partial charge in [0.2, 0.25) is 0 Å². The van der Waals surface area contributed by atoms with Crippen LogP contribution in [0.15, 0.2) is 60.8 Å². The Morgan fingerprint density at radius 2 is 1.93 bits per heavy atom. The Kier molecular flexibility index (Phi) is 5.88. The van der Waals surface area contributed by atoms with E-state index in [1.165, 1.54) is 23.9 Å². The highest BCUT2D eigenvalue weighted by atomic mass is 19.4. The fourth-order valence-corrected chi connectivity index (χ4v) is 2.51. The lowest BCUT2D eigenvalue weighted by molar-refractivity contribution is -0.137. The Morgan fingerprint density at radius 1 is 1.17 bits per heavy atom. The fraction of sp³-hybridized carbons (Fsp3) is 0.143. The summed E-state index contributed by atoms with van der Waals surface area (Å²) in [7, 11) is 1.43. The van der Waals surface area contributed by atoms with E-state index in [4.69, 9.17) is 4.74 Å². The third-order valence-electron chi connectivity index (χ3n) is 3.90. The summed E-state index contributed by atoms with van der Waals surface area (Å²) in [5, 5.41) is 6.80. The molecule has 0 aliphatic heterocycles. The summed E-state index contributed by atoms with van der Waals surface area (Å²) in [5.74, 6) is 5.02. The van der Waals surface area contributed by atoms with Crippen molar-refractivity contribution in [2.24, 2.45) is 0 Å². The first-order valence-electron chi connectivity index (χ1n) is 8.52. The standard InChI is InChI=1S/C21H16F3N3O2/c1-29-18-14-27(17-10-3-2-4-11-17)26-19(18)20(28)25-12-6-8-15-7-5-9-16(13-15)21(22,23)24/h2-5,7,9-11,13-14H,12H2,1H3,(H,25,28). The topological polar surface area (TPSA) is 56.2 Å². The highest BCUT2D eigenvalue weighted by Gasteiger charge is 2.30. The second-order valence-corrected chi connectivity index (χ2v) is 5.89. The molecule has 0 atom stereocenters. The Labute approximate surface area is 165 Å². The molecule has 2 aromatic carbocycles. The number of rotatable bonds is 4. The SMILES string of the molecule is COc1cn(-c2ccccc2)nc1C(=O)NCC#Cc1cccc(C(F)(F)F)c1. The van der Waals surface area contributed by atoms with Crippen LogP contribution in [0.1, 0.15) is 21.6 Å². The van der Waals surface area contributed by atoms with Gasteiger partial charge in [-0.25, -0.2) is 4.68 Å². The molecule has 0 fully saturated rings. The maximum atomic E-state index is 12.7. The summed E-state index contributed by atoms with van der Waals surface area (Å²) in [5.41, 5.74) is 0.274. The van der Waals surface area contributed by atoms with Gasteiger partial charge in [0.15, 0.2) is 11.4 Å². The number of ether oxygens (including phenoxy) is 1. The Morgan fingerprint density at radius 3 is 2.62 bits per heavy atom. The summed E-state index contributed by atoms with van der Waals surface area (Å²) < 4.78 is 44.9. The van der Waals surface area contributed by atoms with Crippen LogP contribution in [0.3, 0.4) is 0 Å². The summed E-state index contributed by atoms with van der Waals surface area (Å²) in [6.45, 7) is -0.0591. The summed E-state index contributed by atoms with van der Waals surface area (Å²) >= 11 is 0. The third-order valence-corrected chi connectivity index (χ3v) is 3.90. The minimum atomic E-state index is -4.43. The quantitative estimate of drug-likeness (QED) is 0.681. The highest BCUT2D eigenvalue weighted by Crippen LogP contribution is 2.29. The number of carbonyl (C=O) groups is 1. The number of nitrogens with zero attached hydrogens (tertiary/aromatic N) is 2. The number of aromatic nitrogens is 2. The predicted octanol–water partition coefficient (Wildman–Crippen LogP) is 3.68. The molecule has 0 aliphatic carbocycles. The third kappa shape index (κ3) is 4.96. The van der Waals surface area contributed by atoms with E-state index in [0.717, 1.165) is 17.8 Å². The molecule has 1 amide bonds. The molecule has 0 aliphatic rings. The van der Waals surface area contributed by atoms with Gasteiger partial charge in [0, 0.05) is 5.56 Å². The first-order valence-corrected chi connectivity index (χ1v) is 8.52. The van der Waals surface area contributed by atoms with E-state index >= 15 is 0 Å². The summed E-state index contributed by atoms with van der Waals surface area (Å²) in [4.78, 5) is 12.4. The van der Waals surface area contributed by atoms with Crippen LogP contribution in [-0.2, 0) is 6.18 Å². The zero-order chi connectivity index (χ0) is 20.9. The van der Waals surface area contributed by atoms with Gasteiger partial charge in [0.05, 0.1) is 31.1 Å². The van der Waals surface area contributed by atoms with Crippen LogP contribution in [0.5, 0.6) is 5.75 Å². The average molecular weight is 399 g/mol. The van der Waals surface area contributed by atoms with Crippen LogP contribution in [0, 0.1) is 11.8 Å². The molecule has 0 bridgehead atoms. The number of alkyl halides is 3. The van der Waals surface area contributed by atoms with Crippen LogP contribution in [0.25, 0.3) is 5.69 Å². The van der Waals surface area contributed by atoms with Crippen LogP contribution in [-0.4, -0.2) is 29.3 Å². The van der Waals surface area contributed by atoms with Gasteiger partial charge in [0.1, 0.15) is 0 Å². The number of para-hydroxylation sites is 1. The van der Waals surface area contributed by atoms with Gasteiger partial charge >= 0.3 is 6.18 Å². The molecule has 1 N–H and O–H groups in total. The second-order valence-electron chi connectivity index (χ2n) is 5.89. The molecule has 0 spiro atoms. The number of methoxy groups -OCH3 is 1. The lowest BCUT2D eigenvalue weighted by Gasteiger charge is -2.05. The number of carbonyl (C=O) groups excluding carboxylic acids is 1. The minimum Gasteiger partial charge on any atom is -0.493 e. The van der Waals surface area contributed by atoms with Crippen molar-refractivity contribution in [1.82, 2.24) is 15.1 Å². The second kappa shape index (κ2) is 8.52. The molecule has 1 aromatic heterocycles. The molecule has 29 heavy (non-hydrogen) atoms. The maximum absolute atomic E-state index is 12.7. The Balaban J connectivity index is 1.68. The fourth-order valence-electron chi connectivity index (χ4n) is 2.51. The van der Waals surface area contributed by atoms with Crippen molar-refractivity contribution in [3.63, 3.8) is 0 Å². The average Bonchev–Trinajstić information content (AvgIpc) is 3.16. The molecular weight excluding hydrogens is 383 g/mol. The van der Waals surface area contributed by atoms with Crippen molar-refractivity contribution < 1.29 is 22.7 Å².